The van der Waals surface area contributed by atoms with E-state index in [4.69, 9.17) is 26.8 Å². The van der Waals surface area contributed by atoms with Crippen LogP contribution in [-0.4, -0.2) is 20.0 Å². The molecule has 0 unspecified atom stereocenters. The SMILES string of the molecule is COc1cc(Cl)c(C(=O)c2cc(N)ccc2F)cc1OC. The van der Waals surface area contributed by atoms with E-state index in [-0.39, 0.29) is 21.8 Å². The molecule has 4 nitrogen and oxygen atoms in total. The molecule has 0 saturated carbocycles. The highest BCUT2D eigenvalue weighted by molar-refractivity contribution is 6.35. The second-order valence-electron chi connectivity index (χ2n) is 4.26. The number of hydrogen-bond acceptors (Lipinski definition) is 4. The Hall–Kier alpha value is -2.27. The topological polar surface area (TPSA) is 61.5 Å². The number of ketones is 1. The molecule has 0 atom stereocenters. The van der Waals surface area contributed by atoms with Crippen molar-refractivity contribution in [1.82, 2.24) is 0 Å². The molecule has 2 aromatic rings. The van der Waals surface area contributed by atoms with Crippen LogP contribution in [0, 0.1) is 5.82 Å². The quantitative estimate of drug-likeness (QED) is 0.695. The molecule has 110 valence electrons. The van der Waals surface area contributed by atoms with Crippen molar-refractivity contribution in [1.29, 1.82) is 0 Å². The molecule has 0 aliphatic heterocycles. The van der Waals surface area contributed by atoms with Crippen molar-refractivity contribution in [2.45, 2.75) is 0 Å². The molecule has 0 spiro atoms. The maximum Gasteiger partial charge on any atom is 0.197 e. The molecular weight excluding hydrogens is 297 g/mol. The molecule has 21 heavy (non-hydrogen) atoms. The molecular formula is C15H13ClFNO3. The van der Waals surface area contributed by atoms with Crippen LogP contribution in [0.5, 0.6) is 11.5 Å². The zero-order valence-corrected chi connectivity index (χ0v) is 12.2. The Morgan fingerprint density at radius 2 is 1.71 bits per heavy atom. The van der Waals surface area contributed by atoms with E-state index in [1.54, 1.807) is 0 Å². The first-order chi connectivity index (χ1) is 9.97. The number of carbonyl (C=O) groups is 1. The predicted octanol–water partition coefficient (Wildman–Crippen LogP) is 3.31. The number of anilines is 1. The third-order valence-electron chi connectivity index (χ3n) is 2.95. The predicted molar refractivity (Wildman–Crippen MR) is 78.8 cm³/mol. The summed E-state index contributed by atoms with van der Waals surface area (Å²) in [6.07, 6.45) is 0. The Morgan fingerprint density at radius 3 is 2.33 bits per heavy atom. The number of ether oxygens (including phenoxy) is 2. The van der Waals surface area contributed by atoms with Crippen LogP contribution in [0.25, 0.3) is 0 Å². The van der Waals surface area contributed by atoms with E-state index < -0.39 is 11.6 Å². The summed E-state index contributed by atoms with van der Waals surface area (Å²) < 4.78 is 24.0. The van der Waals surface area contributed by atoms with Gasteiger partial charge in [-0.15, -0.1) is 0 Å². The standard InChI is InChI=1S/C15H13ClFNO3/c1-20-13-6-9(11(16)7-14(13)21-2)15(19)10-5-8(18)3-4-12(10)17/h3-7H,18H2,1-2H3. The summed E-state index contributed by atoms with van der Waals surface area (Å²) >= 11 is 6.06. The maximum absolute atomic E-state index is 13.8. The van der Waals surface area contributed by atoms with Crippen LogP contribution in [0.3, 0.4) is 0 Å². The molecule has 0 aromatic heterocycles. The molecule has 6 heteroatoms. The van der Waals surface area contributed by atoms with Crippen molar-refractivity contribution < 1.29 is 18.7 Å². The largest absolute Gasteiger partial charge is 0.493 e. The Labute approximate surface area is 126 Å². The minimum atomic E-state index is -0.667. The zero-order chi connectivity index (χ0) is 15.6. The third-order valence-corrected chi connectivity index (χ3v) is 3.27. The first-order valence-corrected chi connectivity index (χ1v) is 6.37. The first kappa shape index (κ1) is 15.1. The van der Waals surface area contributed by atoms with Gasteiger partial charge in [0.05, 0.1) is 24.8 Å². The van der Waals surface area contributed by atoms with E-state index in [1.165, 1.54) is 38.5 Å². The van der Waals surface area contributed by atoms with Crippen LogP contribution >= 0.6 is 11.6 Å². The van der Waals surface area contributed by atoms with Gasteiger partial charge in [0.2, 0.25) is 0 Å². The summed E-state index contributed by atoms with van der Waals surface area (Å²) in [6.45, 7) is 0. The van der Waals surface area contributed by atoms with Crippen LogP contribution in [0.1, 0.15) is 15.9 Å². The van der Waals surface area contributed by atoms with Crippen LogP contribution < -0.4 is 15.2 Å². The summed E-state index contributed by atoms with van der Waals surface area (Å²) in [4.78, 5) is 12.4. The lowest BCUT2D eigenvalue weighted by atomic mass is 10.0. The van der Waals surface area contributed by atoms with E-state index in [0.29, 0.717) is 11.5 Å². The smallest absolute Gasteiger partial charge is 0.197 e. The van der Waals surface area contributed by atoms with Crippen LogP contribution in [0.15, 0.2) is 30.3 Å². The molecule has 2 rings (SSSR count). The molecule has 2 N–H and O–H groups in total. The van der Waals surface area contributed by atoms with Crippen LogP contribution in [-0.2, 0) is 0 Å². The highest BCUT2D eigenvalue weighted by atomic mass is 35.5. The van der Waals surface area contributed by atoms with E-state index in [2.05, 4.69) is 0 Å². The van der Waals surface area contributed by atoms with Crippen molar-refractivity contribution in [2.24, 2.45) is 0 Å². The van der Waals surface area contributed by atoms with Gasteiger partial charge < -0.3 is 15.2 Å². The molecule has 0 fully saturated rings. The average molecular weight is 310 g/mol. The van der Waals surface area contributed by atoms with E-state index in [9.17, 15) is 9.18 Å². The fourth-order valence-corrected chi connectivity index (χ4v) is 2.13. The summed E-state index contributed by atoms with van der Waals surface area (Å²) in [5.74, 6) is -0.535. The van der Waals surface area contributed by atoms with Gasteiger partial charge in [0.25, 0.3) is 0 Å². The van der Waals surface area contributed by atoms with Crippen LogP contribution in [0.2, 0.25) is 5.02 Å². The lowest BCUT2D eigenvalue weighted by Gasteiger charge is -2.11. The summed E-state index contributed by atoms with van der Waals surface area (Å²) in [5, 5.41) is 0.138. The van der Waals surface area contributed by atoms with Crippen molar-refractivity contribution >= 4 is 23.1 Å². The van der Waals surface area contributed by atoms with Crippen molar-refractivity contribution in [2.75, 3.05) is 20.0 Å². The number of carbonyl (C=O) groups excluding carboxylic acids is 1. The minimum absolute atomic E-state index is 0.110. The Balaban J connectivity index is 2.55. The molecule has 0 amide bonds. The van der Waals surface area contributed by atoms with Crippen molar-refractivity contribution in [3.8, 4) is 11.5 Å². The minimum Gasteiger partial charge on any atom is -0.493 e. The number of benzene rings is 2. The molecule has 2 aromatic carbocycles. The molecule has 0 aliphatic carbocycles. The summed E-state index contributed by atoms with van der Waals surface area (Å²) in [6, 6.07) is 6.63. The maximum atomic E-state index is 13.8. The highest BCUT2D eigenvalue weighted by Crippen LogP contribution is 2.34. The Kier molecular flexibility index (Phi) is 4.33. The summed E-state index contributed by atoms with van der Waals surface area (Å²) in [5.41, 5.74) is 5.84. The lowest BCUT2D eigenvalue weighted by molar-refractivity contribution is 0.103. The summed E-state index contributed by atoms with van der Waals surface area (Å²) in [7, 11) is 2.88. The number of hydrogen-bond donors (Lipinski definition) is 1. The van der Waals surface area contributed by atoms with Gasteiger partial charge in [-0.3, -0.25) is 4.79 Å². The number of methoxy groups -OCH3 is 2. The van der Waals surface area contributed by atoms with Gasteiger partial charge in [0, 0.05) is 17.3 Å². The third kappa shape index (κ3) is 2.92. The van der Waals surface area contributed by atoms with Gasteiger partial charge in [-0.1, -0.05) is 11.6 Å². The molecule has 0 radical (unpaired) electrons. The number of nitrogen functional groups attached to an aromatic ring is 1. The zero-order valence-electron chi connectivity index (χ0n) is 11.4. The van der Waals surface area contributed by atoms with Gasteiger partial charge in [-0.2, -0.15) is 0 Å². The Morgan fingerprint density at radius 1 is 1.10 bits per heavy atom. The monoisotopic (exact) mass is 309 g/mol. The van der Waals surface area contributed by atoms with Gasteiger partial charge in [-0.05, 0) is 24.3 Å². The van der Waals surface area contributed by atoms with Gasteiger partial charge in [0.1, 0.15) is 5.82 Å². The molecule has 0 bridgehead atoms. The van der Waals surface area contributed by atoms with Crippen LogP contribution in [0.4, 0.5) is 10.1 Å². The second-order valence-corrected chi connectivity index (χ2v) is 4.66. The Bertz CT molecular complexity index is 704. The fraction of sp³-hybridized carbons (Fsp3) is 0.133. The van der Waals surface area contributed by atoms with Gasteiger partial charge >= 0.3 is 0 Å². The highest BCUT2D eigenvalue weighted by Gasteiger charge is 2.20. The second kappa shape index (κ2) is 6.01. The molecule has 0 saturated heterocycles. The normalized spacial score (nSPS) is 10.3. The first-order valence-electron chi connectivity index (χ1n) is 5.99. The lowest BCUT2D eigenvalue weighted by Crippen LogP contribution is -2.07. The van der Waals surface area contributed by atoms with Gasteiger partial charge in [0.15, 0.2) is 17.3 Å². The van der Waals surface area contributed by atoms with Crippen molar-refractivity contribution in [3.63, 3.8) is 0 Å². The number of rotatable bonds is 4. The van der Waals surface area contributed by atoms with E-state index in [1.807, 2.05) is 0 Å². The number of halogens is 2. The fourth-order valence-electron chi connectivity index (χ4n) is 1.89. The van der Waals surface area contributed by atoms with E-state index in [0.717, 1.165) is 6.07 Å². The average Bonchev–Trinajstić information content (AvgIpc) is 2.48. The van der Waals surface area contributed by atoms with E-state index >= 15 is 0 Å². The number of nitrogens with two attached hydrogens (primary N) is 1. The van der Waals surface area contributed by atoms with Crippen molar-refractivity contribution in [3.05, 3.63) is 52.3 Å². The molecule has 0 aliphatic rings. The molecule has 0 heterocycles. The van der Waals surface area contributed by atoms with Gasteiger partial charge in [-0.25, -0.2) is 4.39 Å².